The first-order valence-electron chi connectivity index (χ1n) is 21.3. The van der Waals surface area contributed by atoms with E-state index in [1.54, 1.807) is 20.8 Å². The summed E-state index contributed by atoms with van der Waals surface area (Å²) >= 11 is 0. The zero-order chi connectivity index (χ0) is 40.1. The van der Waals surface area contributed by atoms with E-state index in [1.807, 2.05) is 13.8 Å². The second-order valence-electron chi connectivity index (χ2n) is 18.8. The van der Waals surface area contributed by atoms with Gasteiger partial charge in [0, 0.05) is 30.7 Å². The normalized spacial score (nSPS) is 33.3. The molecule has 308 valence electrons. The second-order valence-corrected chi connectivity index (χ2v) is 18.8. The van der Waals surface area contributed by atoms with Crippen molar-refractivity contribution < 1.29 is 38.1 Å². The lowest BCUT2D eigenvalue weighted by Crippen LogP contribution is -2.63. The number of hydrogen-bond acceptors (Lipinski definition) is 9. The molecule has 1 amide bonds. The number of nitrogens with zero attached hydrogens (tertiary/aromatic N) is 1. The van der Waals surface area contributed by atoms with E-state index < -0.39 is 17.7 Å². The van der Waals surface area contributed by atoms with Crippen molar-refractivity contribution in [2.45, 2.75) is 156 Å². The standard InChI is InChI=1S/C45H70N2O8/c1-10-38(48)52-32-21-22-44(7)31(24-32)25-36(53-40(50)27-46-42(51)55-43(4,5)6)41-34-20-19-33(45(34,8)37(26-35(41)44)54-39(49)11-2)29(3)16-15-23-47(9)28-30-17-13-12-14-18-30/h12-14,17-18,29,31-37,41H,10-11,15-16,19-28H2,1-9H3,(H,46,51)/t29-,31-,32+,33+,34-,35-,36+,37-,41-,44-,45+/m0/s1. The highest BCUT2D eigenvalue weighted by Crippen LogP contribution is 2.69. The maximum atomic E-state index is 13.6. The molecule has 1 N–H and O–H groups in total. The summed E-state index contributed by atoms with van der Waals surface area (Å²) in [6.07, 6.45) is 7.25. The summed E-state index contributed by atoms with van der Waals surface area (Å²) in [5, 5.41) is 2.60. The van der Waals surface area contributed by atoms with Gasteiger partial charge in [-0.3, -0.25) is 14.4 Å². The molecule has 0 aliphatic heterocycles. The van der Waals surface area contributed by atoms with Crippen LogP contribution >= 0.6 is 0 Å². The van der Waals surface area contributed by atoms with Crippen molar-refractivity contribution in [3.05, 3.63) is 35.9 Å². The minimum atomic E-state index is -0.688. The summed E-state index contributed by atoms with van der Waals surface area (Å²) in [4.78, 5) is 54.0. The summed E-state index contributed by atoms with van der Waals surface area (Å²) in [5.74, 6) is 0.536. The third kappa shape index (κ3) is 10.1. The van der Waals surface area contributed by atoms with Crippen LogP contribution in [0, 0.1) is 46.3 Å². The van der Waals surface area contributed by atoms with Crippen LogP contribution < -0.4 is 5.32 Å². The van der Waals surface area contributed by atoms with Crippen LogP contribution in [0.4, 0.5) is 4.79 Å². The molecule has 0 heterocycles. The summed E-state index contributed by atoms with van der Waals surface area (Å²) < 4.78 is 24.3. The molecule has 4 saturated carbocycles. The second kappa shape index (κ2) is 18.0. The van der Waals surface area contributed by atoms with Crippen molar-refractivity contribution in [2.75, 3.05) is 20.1 Å². The van der Waals surface area contributed by atoms with Crippen LogP contribution in [0.15, 0.2) is 30.3 Å². The molecule has 0 radical (unpaired) electrons. The van der Waals surface area contributed by atoms with Crippen LogP contribution in [0.3, 0.4) is 0 Å². The van der Waals surface area contributed by atoms with E-state index in [4.69, 9.17) is 18.9 Å². The van der Waals surface area contributed by atoms with Gasteiger partial charge in [-0.25, -0.2) is 4.79 Å². The first-order valence-corrected chi connectivity index (χ1v) is 21.3. The Kier molecular flexibility index (Phi) is 14.1. The average molecular weight is 767 g/mol. The van der Waals surface area contributed by atoms with E-state index in [0.717, 1.165) is 64.5 Å². The lowest BCUT2D eigenvalue weighted by molar-refractivity contribution is -0.225. The first-order chi connectivity index (χ1) is 26.0. The van der Waals surface area contributed by atoms with Gasteiger partial charge in [0.05, 0.1) is 0 Å². The van der Waals surface area contributed by atoms with Gasteiger partial charge in [0.1, 0.15) is 30.5 Å². The highest BCUT2D eigenvalue weighted by Gasteiger charge is 2.67. The largest absolute Gasteiger partial charge is 0.462 e. The van der Waals surface area contributed by atoms with E-state index in [0.29, 0.717) is 31.1 Å². The first kappa shape index (κ1) is 43.0. The van der Waals surface area contributed by atoms with E-state index in [-0.39, 0.29) is 71.3 Å². The number of amides is 1. The number of benzene rings is 1. The lowest BCUT2D eigenvalue weighted by atomic mass is 9.43. The zero-order valence-electron chi connectivity index (χ0n) is 35.2. The van der Waals surface area contributed by atoms with Crippen molar-refractivity contribution in [1.82, 2.24) is 10.2 Å². The van der Waals surface area contributed by atoms with Gasteiger partial charge in [0.25, 0.3) is 0 Å². The molecule has 10 heteroatoms. The summed E-state index contributed by atoms with van der Waals surface area (Å²) in [5.41, 5.74) is 0.253. The minimum absolute atomic E-state index is 0.0808. The monoisotopic (exact) mass is 767 g/mol. The van der Waals surface area contributed by atoms with Gasteiger partial charge >= 0.3 is 24.0 Å². The van der Waals surface area contributed by atoms with Crippen LogP contribution in [-0.4, -0.2) is 73.0 Å². The molecule has 5 rings (SSSR count). The molecular weight excluding hydrogens is 697 g/mol. The Morgan fingerprint density at radius 1 is 0.891 bits per heavy atom. The van der Waals surface area contributed by atoms with Gasteiger partial charge in [-0.15, -0.1) is 0 Å². The number of alkyl carbamates (subject to hydrolysis) is 1. The van der Waals surface area contributed by atoms with Crippen molar-refractivity contribution >= 4 is 24.0 Å². The molecule has 4 fully saturated rings. The molecule has 0 unspecified atom stereocenters. The van der Waals surface area contributed by atoms with Crippen LogP contribution in [0.5, 0.6) is 0 Å². The van der Waals surface area contributed by atoms with Crippen molar-refractivity contribution in [2.24, 2.45) is 46.3 Å². The molecule has 0 bridgehead atoms. The molecule has 1 aromatic carbocycles. The van der Waals surface area contributed by atoms with Crippen molar-refractivity contribution in [1.29, 1.82) is 0 Å². The molecule has 1 aromatic rings. The number of rotatable bonds is 14. The third-order valence-corrected chi connectivity index (χ3v) is 14.1. The fraction of sp³-hybridized carbons (Fsp3) is 0.778. The van der Waals surface area contributed by atoms with Gasteiger partial charge in [-0.2, -0.15) is 0 Å². The Balaban J connectivity index is 1.39. The van der Waals surface area contributed by atoms with Gasteiger partial charge in [-0.05, 0) is 133 Å². The summed E-state index contributed by atoms with van der Waals surface area (Å²) in [6, 6.07) is 10.6. The zero-order valence-corrected chi connectivity index (χ0v) is 35.2. The maximum Gasteiger partial charge on any atom is 0.408 e. The Labute approximate surface area is 330 Å². The van der Waals surface area contributed by atoms with Gasteiger partial charge in [-0.1, -0.05) is 65.0 Å². The highest BCUT2D eigenvalue weighted by molar-refractivity contribution is 5.78. The Bertz CT molecular complexity index is 1480. The Morgan fingerprint density at radius 2 is 1.58 bits per heavy atom. The van der Waals surface area contributed by atoms with Crippen LogP contribution in [0.25, 0.3) is 0 Å². The van der Waals surface area contributed by atoms with Gasteiger partial charge < -0.3 is 29.2 Å². The van der Waals surface area contributed by atoms with Crippen LogP contribution in [-0.2, 0) is 39.9 Å². The number of ether oxygens (including phenoxy) is 4. The van der Waals surface area contributed by atoms with Crippen LogP contribution in [0.2, 0.25) is 0 Å². The fourth-order valence-corrected chi connectivity index (χ4v) is 11.5. The van der Waals surface area contributed by atoms with Gasteiger partial charge in [0.15, 0.2) is 0 Å². The molecule has 0 saturated heterocycles. The molecule has 4 aliphatic carbocycles. The predicted octanol–water partition coefficient (Wildman–Crippen LogP) is 8.49. The summed E-state index contributed by atoms with van der Waals surface area (Å²) in [7, 11) is 2.19. The number of carbonyl (C=O) groups is 4. The fourth-order valence-electron chi connectivity index (χ4n) is 11.5. The van der Waals surface area contributed by atoms with E-state index in [9.17, 15) is 19.2 Å². The minimum Gasteiger partial charge on any atom is -0.462 e. The van der Waals surface area contributed by atoms with E-state index in [1.165, 1.54) is 5.56 Å². The molecule has 4 aliphatic rings. The number of hydrogen-bond donors (Lipinski definition) is 1. The molecule has 55 heavy (non-hydrogen) atoms. The maximum absolute atomic E-state index is 13.6. The van der Waals surface area contributed by atoms with Crippen LogP contribution in [0.1, 0.15) is 132 Å². The third-order valence-electron chi connectivity index (χ3n) is 14.1. The molecular formula is C45H70N2O8. The molecule has 0 aromatic heterocycles. The van der Waals surface area contributed by atoms with Gasteiger partial charge in [0.2, 0.25) is 0 Å². The number of esters is 3. The SMILES string of the molecule is CCC(=O)O[C@@H]1CC[C@@]2(C)[C@@H](C1)C[C@@H](OC(=O)CNC(=O)OC(C)(C)C)[C@@H]1[C@@H]2C[C@H](OC(=O)CC)[C@]2(C)[C@@H]([C@@H](C)CCCN(C)Cc3ccccc3)CC[C@@H]12. The number of carbonyl (C=O) groups excluding carboxylic acids is 4. The quantitative estimate of drug-likeness (QED) is 0.147. The number of nitrogens with one attached hydrogen (secondary N) is 1. The molecule has 0 spiro atoms. The Hall–Kier alpha value is -3.14. The highest BCUT2D eigenvalue weighted by atomic mass is 16.6. The average Bonchev–Trinajstić information content (AvgIpc) is 3.49. The van der Waals surface area contributed by atoms with Crippen molar-refractivity contribution in [3.8, 4) is 0 Å². The van der Waals surface area contributed by atoms with E-state index in [2.05, 4.69) is 68.4 Å². The predicted molar refractivity (Wildman–Crippen MR) is 212 cm³/mol. The smallest absolute Gasteiger partial charge is 0.408 e. The van der Waals surface area contributed by atoms with E-state index >= 15 is 0 Å². The topological polar surface area (TPSA) is 120 Å². The summed E-state index contributed by atoms with van der Waals surface area (Å²) in [6.45, 7) is 17.8. The Morgan fingerprint density at radius 3 is 2.25 bits per heavy atom. The molecule has 11 atom stereocenters. The lowest BCUT2D eigenvalue weighted by Gasteiger charge is -2.64. The molecule has 10 nitrogen and oxygen atoms in total. The van der Waals surface area contributed by atoms with Crippen molar-refractivity contribution in [3.63, 3.8) is 0 Å². The number of fused-ring (bicyclic) bond motifs is 5.